The quantitative estimate of drug-likeness (QED) is 0.558. The second-order valence-electron chi connectivity index (χ2n) is 8.44. The Labute approximate surface area is 197 Å². The zero-order valence-corrected chi connectivity index (χ0v) is 18.9. The minimum Gasteiger partial charge on any atom is -0.394 e. The van der Waals surface area contributed by atoms with E-state index in [0.29, 0.717) is 17.7 Å². The molecule has 0 radical (unpaired) electrons. The number of hydrogen-bond acceptors (Lipinski definition) is 4. The topological polar surface area (TPSA) is 69.6 Å². The Morgan fingerprint density at radius 3 is 2.62 bits per heavy atom. The van der Waals surface area contributed by atoms with Gasteiger partial charge in [-0.25, -0.2) is 17.2 Å². The number of benzene rings is 3. The van der Waals surface area contributed by atoms with Crippen molar-refractivity contribution in [3.05, 3.63) is 95.1 Å². The maximum absolute atomic E-state index is 14.0. The van der Waals surface area contributed by atoms with Gasteiger partial charge in [0.2, 0.25) is 10.0 Å². The molecule has 8 heteroatoms. The number of fused-ring (bicyclic) bond motifs is 3. The number of halogens is 2. The van der Waals surface area contributed by atoms with Crippen molar-refractivity contribution >= 4 is 15.7 Å². The minimum absolute atomic E-state index is 0.107. The molecule has 3 atom stereocenters. The standard InChI is InChI=1S/C26H22F2N2O3S/c27-19-5-3-6-20(15-19)34(32,33)30-13-12-21-25(16-31)29-24-11-9-17(14-22(24)26(21)30)8-10-18-4-1-2-7-23(18)28/h1-7,9,11,14-15,21,25-26,29,31H,12-13,16H2/t21-,25-,26-/m1/s1. The van der Waals surface area contributed by atoms with Crippen molar-refractivity contribution in [3.63, 3.8) is 0 Å². The first-order chi connectivity index (χ1) is 16.4. The lowest BCUT2D eigenvalue weighted by Gasteiger charge is -2.38. The Balaban J connectivity index is 1.57. The molecule has 34 heavy (non-hydrogen) atoms. The van der Waals surface area contributed by atoms with Gasteiger partial charge in [0.1, 0.15) is 11.6 Å². The van der Waals surface area contributed by atoms with Crippen LogP contribution in [0.15, 0.2) is 71.6 Å². The fourth-order valence-electron chi connectivity index (χ4n) is 4.83. The van der Waals surface area contributed by atoms with Crippen molar-refractivity contribution in [1.82, 2.24) is 4.31 Å². The zero-order valence-electron chi connectivity index (χ0n) is 18.1. The van der Waals surface area contributed by atoms with Crippen molar-refractivity contribution in [2.45, 2.75) is 23.4 Å². The Kier molecular flexibility index (Phi) is 5.86. The molecule has 2 aliphatic rings. The summed E-state index contributed by atoms with van der Waals surface area (Å²) in [7, 11) is -3.98. The first-order valence-corrected chi connectivity index (χ1v) is 12.4. The fraction of sp³-hybridized carbons (Fsp3) is 0.231. The highest BCUT2D eigenvalue weighted by Gasteiger charge is 2.48. The predicted molar refractivity (Wildman–Crippen MR) is 124 cm³/mol. The van der Waals surface area contributed by atoms with E-state index in [2.05, 4.69) is 17.2 Å². The molecular weight excluding hydrogens is 458 g/mol. The smallest absolute Gasteiger partial charge is 0.243 e. The molecule has 174 valence electrons. The van der Waals surface area contributed by atoms with Gasteiger partial charge in [-0.1, -0.05) is 30.0 Å². The molecule has 1 fully saturated rings. The van der Waals surface area contributed by atoms with E-state index in [4.69, 9.17) is 0 Å². The summed E-state index contributed by atoms with van der Waals surface area (Å²) in [5.74, 6) is 4.59. The molecule has 2 aliphatic heterocycles. The van der Waals surface area contributed by atoms with Gasteiger partial charge in [-0.3, -0.25) is 0 Å². The number of sulfonamides is 1. The van der Waals surface area contributed by atoms with E-state index < -0.39 is 27.7 Å². The van der Waals surface area contributed by atoms with E-state index >= 15 is 0 Å². The lowest BCUT2D eigenvalue weighted by atomic mass is 9.83. The second-order valence-corrected chi connectivity index (χ2v) is 10.3. The van der Waals surface area contributed by atoms with Crippen molar-refractivity contribution in [1.29, 1.82) is 0 Å². The van der Waals surface area contributed by atoms with Gasteiger partial charge >= 0.3 is 0 Å². The third-order valence-electron chi connectivity index (χ3n) is 6.44. The van der Waals surface area contributed by atoms with Gasteiger partial charge in [0.25, 0.3) is 0 Å². The van der Waals surface area contributed by atoms with E-state index in [1.165, 1.54) is 28.6 Å². The molecule has 0 amide bonds. The SMILES string of the molecule is O=S(=O)(c1cccc(F)c1)N1CC[C@@H]2[C@@H](CO)Nc3ccc(C#Cc4ccccc4F)cc3[C@@H]21. The van der Waals surface area contributed by atoms with Gasteiger partial charge in [0.05, 0.1) is 29.1 Å². The molecule has 5 rings (SSSR count). The van der Waals surface area contributed by atoms with E-state index in [9.17, 15) is 22.3 Å². The van der Waals surface area contributed by atoms with Crippen LogP contribution in [-0.2, 0) is 10.0 Å². The summed E-state index contributed by atoms with van der Waals surface area (Å²) in [6, 6.07) is 15.7. The van der Waals surface area contributed by atoms with Crippen LogP contribution in [0.25, 0.3) is 0 Å². The normalized spacial score (nSPS) is 21.7. The van der Waals surface area contributed by atoms with Gasteiger partial charge in [0.15, 0.2) is 0 Å². The maximum Gasteiger partial charge on any atom is 0.243 e. The van der Waals surface area contributed by atoms with Gasteiger partial charge < -0.3 is 10.4 Å². The number of aliphatic hydroxyl groups excluding tert-OH is 1. The molecule has 0 aromatic heterocycles. The Hall–Kier alpha value is -3.25. The average Bonchev–Trinajstić information content (AvgIpc) is 3.29. The number of nitrogens with one attached hydrogen (secondary N) is 1. The van der Waals surface area contributed by atoms with E-state index in [-0.39, 0.29) is 35.6 Å². The van der Waals surface area contributed by atoms with Crippen molar-refractivity contribution in [2.75, 3.05) is 18.5 Å². The second kappa shape index (κ2) is 8.84. The molecule has 2 heterocycles. The van der Waals surface area contributed by atoms with Gasteiger partial charge in [0, 0.05) is 23.7 Å². The van der Waals surface area contributed by atoms with Gasteiger partial charge in [-0.15, -0.1) is 0 Å². The number of rotatable bonds is 3. The molecule has 3 aromatic rings. The summed E-state index contributed by atoms with van der Waals surface area (Å²) in [4.78, 5) is -0.107. The summed E-state index contributed by atoms with van der Waals surface area (Å²) in [5, 5.41) is 13.3. The predicted octanol–water partition coefficient (Wildman–Crippen LogP) is 3.90. The summed E-state index contributed by atoms with van der Waals surface area (Å²) < 4.78 is 56.1. The molecule has 2 N–H and O–H groups in total. The van der Waals surface area contributed by atoms with Gasteiger partial charge in [-0.05, 0) is 60.5 Å². The highest BCUT2D eigenvalue weighted by atomic mass is 32.2. The Morgan fingerprint density at radius 1 is 1.03 bits per heavy atom. The summed E-state index contributed by atoms with van der Waals surface area (Å²) in [6.45, 7) is 0.0975. The third kappa shape index (κ3) is 3.96. The lowest BCUT2D eigenvalue weighted by Crippen LogP contribution is -2.42. The van der Waals surface area contributed by atoms with Crippen LogP contribution in [0.4, 0.5) is 14.5 Å². The molecule has 0 bridgehead atoms. The maximum atomic E-state index is 14.0. The molecule has 3 aromatic carbocycles. The fourth-order valence-corrected chi connectivity index (χ4v) is 6.53. The van der Waals surface area contributed by atoms with Crippen LogP contribution < -0.4 is 5.32 Å². The number of nitrogens with zero attached hydrogens (tertiary/aromatic N) is 1. The van der Waals surface area contributed by atoms with Crippen LogP contribution in [0.2, 0.25) is 0 Å². The molecule has 0 aliphatic carbocycles. The van der Waals surface area contributed by atoms with Crippen molar-refractivity contribution < 1.29 is 22.3 Å². The molecular formula is C26H22F2N2O3S. The summed E-state index contributed by atoms with van der Waals surface area (Å²) in [5.41, 5.74) is 2.32. The highest BCUT2D eigenvalue weighted by molar-refractivity contribution is 7.89. The average molecular weight is 481 g/mol. The van der Waals surface area contributed by atoms with Crippen LogP contribution in [-0.4, -0.2) is 37.0 Å². The number of hydrogen-bond donors (Lipinski definition) is 2. The van der Waals surface area contributed by atoms with Crippen molar-refractivity contribution in [3.8, 4) is 11.8 Å². The number of aliphatic hydroxyl groups is 1. The Morgan fingerprint density at radius 2 is 1.85 bits per heavy atom. The van der Waals surface area contributed by atoms with E-state index in [0.717, 1.165) is 11.6 Å². The zero-order chi connectivity index (χ0) is 23.9. The molecule has 5 nitrogen and oxygen atoms in total. The first kappa shape index (κ1) is 22.5. The third-order valence-corrected chi connectivity index (χ3v) is 8.32. The van der Waals surface area contributed by atoms with Crippen LogP contribution in [0.1, 0.15) is 29.2 Å². The van der Waals surface area contributed by atoms with Crippen LogP contribution in [0.5, 0.6) is 0 Å². The van der Waals surface area contributed by atoms with Crippen LogP contribution >= 0.6 is 0 Å². The first-order valence-electron chi connectivity index (χ1n) is 10.9. The summed E-state index contributed by atoms with van der Waals surface area (Å²) >= 11 is 0. The minimum atomic E-state index is -3.98. The molecule has 0 spiro atoms. The van der Waals surface area contributed by atoms with Crippen molar-refractivity contribution in [2.24, 2.45) is 5.92 Å². The molecule has 0 saturated carbocycles. The Bertz CT molecular complexity index is 1410. The van der Waals surface area contributed by atoms with E-state index in [1.54, 1.807) is 36.4 Å². The lowest BCUT2D eigenvalue weighted by molar-refractivity contribution is 0.210. The van der Waals surface area contributed by atoms with Crippen LogP contribution in [0.3, 0.4) is 0 Å². The van der Waals surface area contributed by atoms with E-state index in [1.807, 2.05) is 0 Å². The van der Waals surface area contributed by atoms with Gasteiger partial charge in [-0.2, -0.15) is 4.31 Å². The highest BCUT2D eigenvalue weighted by Crippen LogP contribution is 2.48. The molecule has 0 unspecified atom stereocenters. The largest absolute Gasteiger partial charge is 0.394 e. The van der Waals surface area contributed by atoms with Crippen LogP contribution in [0, 0.1) is 29.4 Å². The molecule has 1 saturated heterocycles. The monoisotopic (exact) mass is 480 g/mol. The number of anilines is 1. The summed E-state index contributed by atoms with van der Waals surface area (Å²) in [6.07, 6.45) is 0.544.